The van der Waals surface area contributed by atoms with Gasteiger partial charge in [0.1, 0.15) is 0 Å². The first kappa shape index (κ1) is 17.4. The minimum atomic E-state index is 0.0902. The lowest BCUT2D eigenvalue weighted by Gasteiger charge is -2.24. The molecule has 0 saturated heterocycles. The minimum absolute atomic E-state index is 0.0902. The van der Waals surface area contributed by atoms with Crippen LogP contribution < -0.4 is 15.4 Å². The summed E-state index contributed by atoms with van der Waals surface area (Å²) in [6.45, 7) is 8.46. The molecule has 7 heteroatoms. The second-order valence-electron chi connectivity index (χ2n) is 5.62. The molecule has 0 fully saturated rings. The van der Waals surface area contributed by atoms with Crippen molar-refractivity contribution in [3.63, 3.8) is 0 Å². The fourth-order valence-electron chi connectivity index (χ4n) is 1.59. The molecule has 1 heterocycles. The highest BCUT2D eigenvalue weighted by atomic mass is 16.5. The van der Waals surface area contributed by atoms with Crippen LogP contribution >= 0.6 is 0 Å². The van der Waals surface area contributed by atoms with Crippen LogP contribution in [0, 0.1) is 5.41 Å². The highest BCUT2D eigenvalue weighted by Crippen LogP contribution is 2.21. The summed E-state index contributed by atoms with van der Waals surface area (Å²) in [6, 6.07) is 0.341. The number of rotatable bonds is 10. The van der Waals surface area contributed by atoms with Gasteiger partial charge in [-0.25, -0.2) is 0 Å². The van der Waals surface area contributed by atoms with Gasteiger partial charge < -0.3 is 20.1 Å². The third kappa shape index (κ3) is 6.57. The van der Waals surface area contributed by atoms with Gasteiger partial charge in [-0.2, -0.15) is 15.0 Å². The zero-order chi connectivity index (χ0) is 15.7. The highest BCUT2D eigenvalue weighted by molar-refractivity contribution is 5.35. The van der Waals surface area contributed by atoms with E-state index in [0.29, 0.717) is 24.5 Å². The summed E-state index contributed by atoms with van der Waals surface area (Å²) < 4.78 is 10.6. The quantitative estimate of drug-likeness (QED) is 0.685. The molecule has 0 aliphatic rings. The predicted octanol–water partition coefficient (Wildman–Crippen LogP) is 2.18. The number of nitrogens with zero attached hydrogens (tertiary/aromatic N) is 3. The van der Waals surface area contributed by atoms with Crippen LogP contribution in [-0.4, -0.2) is 48.9 Å². The Labute approximate surface area is 126 Å². The molecular weight excluding hydrogens is 270 g/mol. The molecule has 0 radical (unpaired) electrons. The van der Waals surface area contributed by atoms with E-state index in [2.05, 4.69) is 39.4 Å². The van der Waals surface area contributed by atoms with E-state index < -0.39 is 0 Å². The first-order chi connectivity index (χ1) is 10.0. The van der Waals surface area contributed by atoms with E-state index in [1.165, 1.54) is 0 Å². The molecule has 2 N–H and O–H groups in total. The molecule has 0 spiro atoms. The monoisotopic (exact) mass is 297 g/mol. The van der Waals surface area contributed by atoms with Gasteiger partial charge in [-0.05, 0) is 18.3 Å². The Kier molecular flexibility index (Phi) is 7.14. The Bertz CT molecular complexity index is 426. The highest BCUT2D eigenvalue weighted by Gasteiger charge is 2.18. The SMILES string of the molecule is CCCOc1nc(NC)nc(NCC(C)(C)CCOC)n1. The maximum atomic E-state index is 5.47. The van der Waals surface area contributed by atoms with Crippen LogP contribution in [0.15, 0.2) is 0 Å². The van der Waals surface area contributed by atoms with Crippen molar-refractivity contribution in [3.05, 3.63) is 0 Å². The molecule has 0 aliphatic heterocycles. The molecule has 1 aromatic rings. The standard InChI is InChI=1S/C14H27N5O2/c1-6-8-21-13-18-11(15-4)17-12(19-13)16-10-14(2,3)7-9-20-5/h6-10H2,1-5H3,(H2,15,16,17,18,19). The van der Waals surface area contributed by atoms with E-state index in [-0.39, 0.29) is 5.41 Å². The molecule has 0 saturated carbocycles. The third-order valence-electron chi connectivity index (χ3n) is 2.98. The lowest BCUT2D eigenvalue weighted by Crippen LogP contribution is -2.25. The smallest absolute Gasteiger partial charge is 0.323 e. The second-order valence-corrected chi connectivity index (χ2v) is 5.62. The normalized spacial score (nSPS) is 11.3. The summed E-state index contributed by atoms with van der Waals surface area (Å²) in [5.41, 5.74) is 0.0902. The van der Waals surface area contributed by atoms with Crippen molar-refractivity contribution in [3.8, 4) is 6.01 Å². The van der Waals surface area contributed by atoms with Crippen molar-refractivity contribution in [1.82, 2.24) is 15.0 Å². The summed E-state index contributed by atoms with van der Waals surface area (Å²) in [6.07, 6.45) is 1.87. The van der Waals surface area contributed by atoms with Crippen LogP contribution in [0.2, 0.25) is 0 Å². The van der Waals surface area contributed by atoms with Gasteiger partial charge >= 0.3 is 6.01 Å². The Balaban J connectivity index is 2.68. The number of hydrogen-bond donors (Lipinski definition) is 2. The van der Waals surface area contributed by atoms with E-state index in [1.807, 2.05) is 6.92 Å². The topological polar surface area (TPSA) is 81.2 Å². The third-order valence-corrected chi connectivity index (χ3v) is 2.98. The van der Waals surface area contributed by atoms with Crippen LogP contribution in [-0.2, 0) is 4.74 Å². The fourth-order valence-corrected chi connectivity index (χ4v) is 1.59. The van der Waals surface area contributed by atoms with Gasteiger partial charge in [-0.1, -0.05) is 20.8 Å². The van der Waals surface area contributed by atoms with Gasteiger partial charge in [-0.15, -0.1) is 0 Å². The van der Waals surface area contributed by atoms with Crippen molar-refractivity contribution < 1.29 is 9.47 Å². The maximum absolute atomic E-state index is 5.47. The molecule has 0 amide bonds. The number of nitrogens with one attached hydrogen (secondary N) is 2. The van der Waals surface area contributed by atoms with Crippen LogP contribution in [0.3, 0.4) is 0 Å². The molecule has 0 bridgehead atoms. The van der Waals surface area contributed by atoms with Crippen molar-refractivity contribution in [2.45, 2.75) is 33.6 Å². The van der Waals surface area contributed by atoms with Crippen molar-refractivity contribution in [2.75, 3.05) is 44.5 Å². The Morgan fingerprint density at radius 3 is 2.43 bits per heavy atom. The number of hydrogen-bond acceptors (Lipinski definition) is 7. The van der Waals surface area contributed by atoms with Gasteiger partial charge in [-0.3, -0.25) is 0 Å². The molecule has 0 unspecified atom stereocenters. The van der Waals surface area contributed by atoms with E-state index in [4.69, 9.17) is 9.47 Å². The van der Waals surface area contributed by atoms with Gasteiger partial charge in [0, 0.05) is 27.3 Å². The van der Waals surface area contributed by atoms with Crippen LogP contribution in [0.5, 0.6) is 6.01 Å². The lowest BCUT2D eigenvalue weighted by molar-refractivity contribution is 0.157. The molecule has 0 aromatic carbocycles. The molecule has 1 aromatic heterocycles. The summed E-state index contributed by atoms with van der Waals surface area (Å²) in [5.74, 6) is 1.01. The Morgan fingerprint density at radius 2 is 1.81 bits per heavy atom. The van der Waals surface area contributed by atoms with E-state index in [1.54, 1.807) is 14.2 Å². The van der Waals surface area contributed by atoms with Crippen molar-refractivity contribution >= 4 is 11.9 Å². The first-order valence-electron chi connectivity index (χ1n) is 7.30. The van der Waals surface area contributed by atoms with E-state index in [9.17, 15) is 0 Å². The molecule has 7 nitrogen and oxygen atoms in total. The van der Waals surface area contributed by atoms with Crippen LogP contribution in [0.4, 0.5) is 11.9 Å². The summed E-state index contributed by atoms with van der Waals surface area (Å²) in [5, 5.41) is 6.16. The summed E-state index contributed by atoms with van der Waals surface area (Å²) in [4.78, 5) is 12.7. The fraction of sp³-hybridized carbons (Fsp3) is 0.786. The maximum Gasteiger partial charge on any atom is 0.323 e. The average Bonchev–Trinajstić information content (AvgIpc) is 2.49. The molecular formula is C14H27N5O2. The van der Waals surface area contributed by atoms with Crippen LogP contribution in [0.25, 0.3) is 0 Å². The molecule has 0 atom stereocenters. The lowest BCUT2D eigenvalue weighted by atomic mass is 9.90. The van der Waals surface area contributed by atoms with Crippen molar-refractivity contribution in [1.29, 1.82) is 0 Å². The van der Waals surface area contributed by atoms with E-state index in [0.717, 1.165) is 26.0 Å². The summed E-state index contributed by atoms with van der Waals surface area (Å²) >= 11 is 0. The zero-order valence-electron chi connectivity index (χ0n) is 13.7. The van der Waals surface area contributed by atoms with Crippen LogP contribution in [0.1, 0.15) is 33.6 Å². The van der Waals surface area contributed by atoms with Crippen molar-refractivity contribution in [2.24, 2.45) is 5.41 Å². The number of ether oxygens (including phenoxy) is 2. The van der Waals surface area contributed by atoms with Gasteiger partial charge in [0.15, 0.2) is 0 Å². The Morgan fingerprint density at radius 1 is 1.10 bits per heavy atom. The average molecular weight is 297 g/mol. The molecule has 1 rings (SSSR count). The van der Waals surface area contributed by atoms with Gasteiger partial charge in [0.25, 0.3) is 0 Å². The summed E-state index contributed by atoms with van der Waals surface area (Å²) in [7, 11) is 3.48. The number of aromatic nitrogens is 3. The number of methoxy groups -OCH3 is 1. The molecule has 21 heavy (non-hydrogen) atoms. The Hall–Kier alpha value is -1.63. The minimum Gasteiger partial charge on any atom is -0.463 e. The first-order valence-corrected chi connectivity index (χ1v) is 7.30. The predicted molar refractivity (Wildman–Crippen MR) is 83.9 cm³/mol. The van der Waals surface area contributed by atoms with Gasteiger partial charge in [0.2, 0.25) is 11.9 Å². The number of anilines is 2. The van der Waals surface area contributed by atoms with Gasteiger partial charge in [0.05, 0.1) is 6.61 Å². The second kappa shape index (κ2) is 8.61. The molecule has 120 valence electrons. The zero-order valence-corrected chi connectivity index (χ0v) is 13.7. The molecule has 0 aliphatic carbocycles. The van der Waals surface area contributed by atoms with E-state index >= 15 is 0 Å². The largest absolute Gasteiger partial charge is 0.463 e.